The van der Waals surface area contributed by atoms with Crippen LogP contribution in [0.15, 0.2) is 48.5 Å². The van der Waals surface area contributed by atoms with E-state index in [1.165, 1.54) is 0 Å². The van der Waals surface area contributed by atoms with Gasteiger partial charge in [0.1, 0.15) is 18.8 Å². The first-order chi connectivity index (χ1) is 14.6. The molecular formula is C21H23FN2O7. The van der Waals surface area contributed by atoms with Crippen LogP contribution in [-0.2, 0) is 20.9 Å². The molecule has 0 aliphatic rings. The number of halogens is 1. The molecule has 2 rings (SSSR count). The van der Waals surface area contributed by atoms with Crippen LogP contribution < -0.4 is 10.1 Å². The minimum atomic E-state index is -1.40. The van der Waals surface area contributed by atoms with Crippen LogP contribution in [0.25, 0.3) is 0 Å². The van der Waals surface area contributed by atoms with E-state index < -0.39 is 52.5 Å². The first-order valence-corrected chi connectivity index (χ1v) is 9.32. The monoisotopic (exact) mass is 434 g/mol. The molecule has 10 heteroatoms. The van der Waals surface area contributed by atoms with Gasteiger partial charge in [-0.1, -0.05) is 36.4 Å². The number of rotatable bonds is 8. The summed E-state index contributed by atoms with van der Waals surface area (Å²) in [6, 6.07) is 10.6. The standard InChI is InChI=1S/C21H23FN2O7/c1-21(2,3)31-20(26)23-16(19(25)30-12-14-8-5-4-6-9-14)13-29-18-15(22)10-7-11-17(18)24(27)28/h4-11,16H,12-13H2,1-3H3,(H,23,26). The summed E-state index contributed by atoms with van der Waals surface area (Å²) in [6.07, 6.45) is -0.930. The number of nitro groups is 1. The minimum absolute atomic E-state index is 0.0774. The molecule has 9 nitrogen and oxygen atoms in total. The van der Waals surface area contributed by atoms with Crippen LogP contribution in [-0.4, -0.2) is 35.2 Å². The molecule has 2 aromatic rings. The van der Waals surface area contributed by atoms with E-state index in [2.05, 4.69) is 5.32 Å². The molecule has 0 aliphatic carbocycles. The van der Waals surface area contributed by atoms with E-state index in [1.807, 2.05) is 0 Å². The fourth-order valence-electron chi connectivity index (χ4n) is 2.40. The lowest BCUT2D eigenvalue weighted by Crippen LogP contribution is -2.47. The Bertz CT molecular complexity index is 929. The SMILES string of the molecule is CC(C)(C)OC(=O)NC(COc1c(F)cccc1[N+](=O)[O-])C(=O)OCc1ccccc1. The lowest BCUT2D eigenvalue weighted by molar-refractivity contribution is -0.386. The second kappa shape index (κ2) is 10.4. The van der Waals surface area contributed by atoms with Crippen molar-refractivity contribution in [3.05, 3.63) is 70.0 Å². The molecule has 0 spiro atoms. The van der Waals surface area contributed by atoms with Crippen LogP contribution in [0.5, 0.6) is 5.75 Å². The summed E-state index contributed by atoms with van der Waals surface area (Å²) in [5.74, 6) is -2.52. The topological polar surface area (TPSA) is 117 Å². The maximum absolute atomic E-state index is 14.1. The van der Waals surface area contributed by atoms with Crippen molar-refractivity contribution in [1.29, 1.82) is 0 Å². The van der Waals surface area contributed by atoms with Gasteiger partial charge in [-0.2, -0.15) is 0 Å². The summed E-state index contributed by atoms with van der Waals surface area (Å²) in [5, 5.41) is 13.4. The van der Waals surface area contributed by atoms with Crippen LogP contribution >= 0.6 is 0 Å². The molecule has 1 atom stereocenters. The molecule has 0 radical (unpaired) electrons. The number of carbonyl (C=O) groups is 2. The largest absolute Gasteiger partial charge is 0.482 e. The highest BCUT2D eigenvalue weighted by Gasteiger charge is 2.28. The van der Waals surface area contributed by atoms with E-state index in [-0.39, 0.29) is 6.61 Å². The molecule has 0 fully saturated rings. The highest BCUT2D eigenvalue weighted by Crippen LogP contribution is 2.29. The molecular weight excluding hydrogens is 411 g/mol. The van der Waals surface area contributed by atoms with Crippen molar-refractivity contribution in [2.75, 3.05) is 6.61 Å². The minimum Gasteiger partial charge on any atom is -0.482 e. The summed E-state index contributed by atoms with van der Waals surface area (Å²) in [6.45, 7) is 4.21. The van der Waals surface area contributed by atoms with Gasteiger partial charge in [-0.25, -0.2) is 14.0 Å². The molecule has 1 amide bonds. The van der Waals surface area contributed by atoms with Gasteiger partial charge < -0.3 is 19.5 Å². The highest BCUT2D eigenvalue weighted by molar-refractivity contribution is 5.81. The van der Waals surface area contributed by atoms with E-state index in [0.717, 1.165) is 18.2 Å². The summed E-state index contributed by atoms with van der Waals surface area (Å²) >= 11 is 0. The number of hydrogen-bond acceptors (Lipinski definition) is 7. The van der Waals surface area contributed by atoms with Crippen molar-refractivity contribution in [2.45, 2.75) is 39.0 Å². The Kier molecular flexibility index (Phi) is 7.89. The third kappa shape index (κ3) is 7.57. The molecule has 166 valence electrons. The van der Waals surface area contributed by atoms with Gasteiger partial charge in [0.25, 0.3) is 0 Å². The number of esters is 1. The number of alkyl carbamates (subject to hydrolysis) is 1. The van der Waals surface area contributed by atoms with E-state index in [1.54, 1.807) is 51.1 Å². The Morgan fingerprint density at radius 2 is 1.81 bits per heavy atom. The summed E-state index contributed by atoms with van der Waals surface area (Å²) < 4.78 is 29.6. The number of amides is 1. The van der Waals surface area contributed by atoms with E-state index in [9.17, 15) is 24.1 Å². The average molecular weight is 434 g/mol. The fourth-order valence-corrected chi connectivity index (χ4v) is 2.40. The van der Waals surface area contributed by atoms with E-state index in [0.29, 0.717) is 5.56 Å². The van der Waals surface area contributed by atoms with Crippen LogP contribution in [0.1, 0.15) is 26.3 Å². The van der Waals surface area contributed by atoms with Gasteiger partial charge in [0, 0.05) is 6.07 Å². The molecule has 0 heterocycles. The predicted molar refractivity (Wildman–Crippen MR) is 108 cm³/mol. The average Bonchev–Trinajstić information content (AvgIpc) is 2.69. The summed E-state index contributed by atoms with van der Waals surface area (Å²) in [4.78, 5) is 35.0. The van der Waals surface area contributed by atoms with Crippen LogP contribution in [0.2, 0.25) is 0 Å². The lowest BCUT2D eigenvalue weighted by Gasteiger charge is -2.23. The van der Waals surface area contributed by atoms with Crippen molar-refractivity contribution >= 4 is 17.7 Å². The Hall–Kier alpha value is -3.69. The fraction of sp³-hybridized carbons (Fsp3) is 0.333. The van der Waals surface area contributed by atoms with Gasteiger partial charge in [0.2, 0.25) is 5.75 Å². The van der Waals surface area contributed by atoms with Gasteiger partial charge in [0.15, 0.2) is 11.9 Å². The van der Waals surface area contributed by atoms with Crippen LogP contribution in [0, 0.1) is 15.9 Å². The zero-order chi connectivity index (χ0) is 23.0. The number of nitrogens with zero attached hydrogens (tertiary/aromatic N) is 1. The van der Waals surface area contributed by atoms with Gasteiger partial charge in [-0.05, 0) is 32.4 Å². The molecule has 31 heavy (non-hydrogen) atoms. The third-order valence-corrected chi connectivity index (χ3v) is 3.74. The third-order valence-electron chi connectivity index (χ3n) is 3.74. The van der Waals surface area contributed by atoms with Gasteiger partial charge >= 0.3 is 17.7 Å². The maximum Gasteiger partial charge on any atom is 0.408 e. The smallest absolute Gasteiger partial charge is 0.408 e. The van der Waals surface area contributed by atoms with Gasteiger partial charge in [-0.15, -0.1) is 0 Å². The number of nitro benzene ring substituents is 1. The Morgan fingerprint density at radius 3 is 2.42 bits per heavy atom. The Balaban J connectivity index is 2.14. The van der Waals surface area contributed by atoms with Crippen molar-refractivity contribution in [3.8, 4) is 5.75 Å². The zero-order valence-electron chi connectivity index (χ0n) is 17.3. The normalized spacial score (nSPS) is 11.9. The predicted octanol–water partition coefficient (Wildman–Crippen LogP) is 3.75. The van der Waals surface area contributed by atoms with Gasteiger partial charge in [0.05, 0.1) is 4.92 Å². The second-order valence-corrected chi connectivity index (χ2v) is 7.45. The Labute approximate surface area is 178 Å². The van der Waals surface area contributed by atoms with Crippen molar-refractivity contribution in [2.24, 2.45) is 0 Å². The molecule has 0 aromatic heterocycles. The zero-order valence-corrected chi connectivity index (χ0v) is 17.3. The van der Waals surface area contributed by atoms with Crippen molar-refractivity contribution in [3.63, 3.8) is 0 Å². The van der Waals surface area contributed by atoms with E-state index >= 15 is 0 Å². The summed E-state index contributed by atoms with van der Waals surface area (Å²) in [7, 11) is 0. The molecule has 0 aliphatic heterocycles. The van der Waals surface area contributed by atoms with Crippen molar-refractivity contribution in [1.82, 2.24) is 5.32 Å². The summed E-state index contributed by atoms with van der Waals surface area (Å²) in [5.41, 5.74) is -0.750. The molecule has 1 unspecified atom stereocenters. The number of hydrogen-bond donors (Lipinski definition) is 1. The number of para-hydroxylation sites is 1. The molecule has 0 saturated heterocycles. The lowest BCUT2D eigenvalue weighted by atomic mass is 10.2. The molecule has 0 bridgehead atoms. The number of carbonyl (C=O) groups excluding carboxylic acids is 2. The Morgan fingerprint density at radius 1 is 1.13 bits per heavy atom. The number of ether oxygens (including phenoxy) is 3. The van der Waals surface area contributed by atoms with Crippen molar-refractivity contribution < 1.29 is 33.1 Å². The molecule has 0 saturated carbocycles. The first kappa shape index (κ1) is 23.6. The van der Waals surface area contributed by atoms with E-state index in [4.69, 9.17) is 14.2 Å². The van der Waals surface area contributed by atoms with Crippen LogP contribution in [0.3, 0.4) is 0 Å². The maximum atomic E-state index is 14.1. The first-order valence-electron chi connectivity index (χ1n) is 9.32. The molecule has 2 aromatic carbocycles. The highest BCUT2D eigenvalue weighted by atomic mass is 19.1. The number of nitrogens with one attached hydrogen (secondary N) is 1. The number of benzene rings is 2. The van der Waals surface area contributed by atoms with Gasteiger partial charge in [-0.3, -0.25) is 10.1 Å². The van der Waals surface area contributed by atoms with Crippen LogP contribution in [0.4, 0.5) is 14.9 Å². The quantitative estimate of drug-likeness (QED) is 0.382. The second-order valence-electron chi connectivity index (χ2n) is 7.45. The molecule has 1 N–H and O–H groups in total.